The van der Waals surface area contributed by atoms with Gasteiger partial charge in [-0.1, -0.05) is 30.3 Å². The van der Waals surface area contributed by atoms with Gasteiger partial charge in [-0.05, 0) is 37.7 Å². The molecule has 3 rings (SSSR count). The van der Waals surface area contributed by atoms with E-state index in [-0.39, 0.29) is 18.4 Å². The van der Waals surface area contributed by atoms with Gasteiger partial charge < -0.3 is 11.5 Å². The Bertz CT molecular complexity index is 554. The van der Waals surface area contributed by atoms with Gasteiger partial charge in [-0.25, -0.2) is 4.99 Å². The van der Waals surface area contributed by atoms with Crippen molar-refractivity contribution >= 4 is 24.3 Å². The van der Waals surface area contributed by atoms with Gasteiger partial charge >= 0.3 is 0 Å². The first-order chi connectivity index (χ1) is 10.2. The van der Waals surface area contributed by atoms with E-state index in [2.05, 4.69) is 22.1 Å². The van der Waals surface area contributed by atoms with Crippen LogP contribution in [0.3, 0.4) is 0 Å². The van der Waals surface area contributed by atoms with Crippen molar-refractivity contribution in [3.63, 3.8) is 0 Å². The lowest BCUT2D eigenvalue weighted by Crippen LogP contribution is -2.55. The van der Waals surface area contributed by atoms with Crippen LogP contribution in [0.4, 0.5) is 0 Å². The number of hydroxylamine groups is 2. The van der Waals surface area contributed by atoms with Crippen LogP contribution in [0.5, 0.6) is 0 Å². The van der Waals surface area contributed by atoms with Gasteiger partial charge in [0.05, 0.1) is 6.61 Å². The molecule has 0 saturated heterocycles. The number of guanidine groups is 2. The maximum absolute atomic E-state index is 5.99. The highest BCUT2D eigenvalue weighted by molar-refractivity contribution is 5.95. The average molecular weight is 324 g/mol. The fourth-order valence-corrected chi connectivity index (χ4v) is 3.00. The van der Waals surface area contributed by atoms with Crippen LogP contribution in [0.15, 0.2) is 40.3 Å². The van der Waals surface area contributed by atoms with Crippen molar-refractivity contribution in [3.05, 3.63) is 35.9 Å². The second-order valence-electron chi connectivity index (χ2n) is 5.49. The number of rotatable bonds is 4. The Balaban J connectivity index is 0.00000176. The van der Waals surface area contributed by atoms with E-state index >= 15 is 0 Å². The lowest BCUT2D eigenvalue weighted by Gasteiger charge is -2.39. The molecule has 1 aliphatic carbocycles. The van der Waals surface area contributed by atoms with E-state index in [1.54, 1.807) is 5.06 Å². The minimum atomic E-state index is -0.452. The Labute approximate surface area is 136 Å². The molecule has 2 aliphatic rings. The number of nitrogens with two attached hydrogens (primary N) is 2. The number of hydrogen-bond donors (Lipinski definition) is 2. The zero-order chi connectivity index (χ0) is 14.7. The van der Waals surface area contributed by atoms with Crippen molar-refractivity contribution in [1.29, 1.82) is 0 Å². The molecule has 0 unspecified atom stereocenters. The van der Waals surface area contributed by atoms with Gasteiger partial charge in [-0.15, -0.1) is 12.4 Å². The van der Waals surface area contributed by atoms with Crippen molar-refractivity contribution in [2.45, 2.75) is 37.8 Å². The number of aliphatic imine (C=N–C) groups is 2. The summed E-state index contributed by atoms with van der Waals surface area (Å²) in [6, 6.07) is 10.2. The van der Waals surface area contributed by atoms with Crippen LogP contribution < -0.4 is 11.5 Å². The fourth-order valence-electron chi connectivity index (χ4n) is 3.00. The number of hydrogen-bond acceptors (Lipinski definition) is 6. The third kappa shape index (κ3) is 3.34. The summed E-state index contributed by atoms with van der Waals surface area (Å²) in [4.78, 5) is 14.4. The lowest BCUT2D eigenvalue weighted by atomic mass is 10.1. The first kappa shape index (κ1) is 16.6. The quantitative estimate of drug-likeness (QED) is 0.884. The molecular formula is C15H22ClN5O. The topological polar surface area (TPSA) is 89.2 Å². The molecule has 1 aliphatic heterocycles. The molecule has 1 aromatic carbocycles. The molecule has 22 heavy (non-hydrogen) atoms. The standard InChI is InChI=1S/C15H21N5O.ClH/c16-13-18-14(17)20(15(19-13)9-4-5-10-15)21-11-8-12-6-2-1-3-7-12;/h1-3,6-7H,4-5,8-11H2,(H4,16,17,18,19);1H. The molecule has 0 radical (unpaired) electrons. The van der Waals surface area contributed by atoms with Crippen LogP contribution >= 0.6 is 12.4 Å². The highest BCUT2D eigenvalue weighted by atomic mass is 35.5. The Morgan fingerprint density at radius 2 is 1.82 bits per heavy atom. The maximum atomic E-state index is 5.99. The number of nitrogens with zero attached hydrogens (tertiary/aromatic N) is 3. The van der Waals surface area contributed by atoms with E-state index in [1.165, 1.54) is 5.56 Å². The maximum Gasteiger partial charge on any atom is 0.226 e. The van der Waals surface area contributed by atoms with Crippen LogP contribution in [0, 0.1) is 0 Å². The van der Waals surface area contributed by atoms with Crippen molar-refractivity contribution < 1.29 is 4.84 Å². The summed E-state index contributed by atoms with van der Waals surface area (Å²) in [7, 11) is 0. The highest BCUT2D eigenvalue weighted by Gasteiger charge is 2.44. The van der Waals surface area contributed by atoms with E-state index in [0.29, 0.717) is 12.6 Å². The van der Waals surface area contributed by atoms with Crippen LogP contribution in [0.25, 0.3) is 0 Å². The summed E-state index contributed by atoms with van der Waals surface area (Å²) in [5, 5.41) is 1.67. The van der Waals surface area contributed by atoms with E-state index < -0.39 is 5.66 Å². The Kier molecular flexibility index (Phi) is 5.26. The first-order valence-corrected chi connectivity index (χ1v) is 7.36. The second-order valence-corrected chi connectivity index (χ2v) is 5.49. The van der Waals surface area contributed by atoms with Crippen LogP contribution in [0.2, 0.25) is 0 Å². The molecule has 1 saturated carbocycles. The fraction of sp³-hybridized carbons (Fsp3) is 0.467. The monoisotopic (exact) mass is 323 g/mol. The van der Waals surface area contributed by atoms with Crippen molar-refractivity contribution in [1.82, 2.24) is 5.06 Å². The molecule has 120 valence electrons. The van der Waals surface area contributed by atoms with Crippen molar-refractivity contribution in [3.8, 4) is 0 Å². The van der Waals surface area contributed by atoms with Gasteiger partial charge in [0.15, 0.2) is 5.66 Å². The largest absolute Gasteiger partial charge is 0.368 e. The van der Waals surface area contributed by atoms with Gasteiger partial charge in [-0.3, -0.25) is 4.84 Å². The second kappa shape index (κ2) is 6.98. The van der Waals surface area contributed by atoms with Gasteiger partial charge in [0.25, 0.3) is 0 Å². The van der Waals surface area contributed by atoms with Crippen LogP contribution in [-0.4, -0.2) is 29.3 Å². The molecule has 0 amide bonds. The Hall–Kier alpha value is -1.79. The summed E-state index contributed by atoms with van der Waals surface area (Å²) in [5.41, 5.74) is 12.5. The van der Waals surface area contributed by atoms with Gasteiger partial charge in [0, 0.05) is 0 Å². The molecule has 4 N–H and O–H groups in total. The molecule has 0 bridgehead atoms. The number of benzene rings is 1. The molecule has 1 aromatic rings. The summed E-state index contributed by atoms with van der Waals surface area (Å²) < 4.78 is 0. The molecule has 1 spiro atoms. The lowest BCUT2D eigenvalue weighted by molar-refractivity contribution is -0.165. The number of halogens is 1. The molecule has 7 heteroatoms. The van der Waals surface area contributed by atoms with Crippen LogP contribution in [-0.2, 0) is 11.3 Å². The van der Waals surface area contributed by atoms with E-state index in [1.807, 2.05) is 18.2 Å². The smallest absolute Gasteiger partial charge is 0.226 e. The van der Waals surface area contributed by atoms with Gasteiger partial charge in [0.1, 0.15) is 0 Å². The van der Waals surface area contributed by atoms with Gasteiger partial charge in [0.2, 0.25) is 11.9 Å². The van der Waals surface area contributed by atoms with E-state index in [4.69, 9.17) is 16.3 Å². The zero-order valence-corrected chi connectivity index (χ0v) is 13.3. The van der Waals surface area contributed by atoms with E-state index in [9.17, 15) is 0 Å². The molecular weight excluding hydrogens is 302 g/mol. The third-order valence-electron chi connectivity index (χ3n) is 4.00. The normalized spacial score (nSPS) is 19.5. The zero-order valence-electron chi connectivity index (χ0n) is 12.4. The highest BCUT2D eigenvalue weighted by Crippen LogP contribution is 2.38. The summed E-state index contributed by atoms with van der Waals surface area (Å²) in [6.45, 7) is 0.539. The third-order valence-corrected chi connectivity index (χ3v) is 4.00. The summed E-state index contributed by atoms with van der Waals surface area (Å²) in [5.74, 6) is 0.551. The molecule has 0 atom stereocenters. The van der Waals surface area contributed by atoms with Crippen molar-refractivity contribution in [2.24, 2.45) is 21.5 Å². The Morgan fingerprint density at radius 3 is 2.50 bits per heavy atom. The van der Waals surface area contributed by atoms with Crippen molar-refractivity contribution in [2.75, 3.05) is 6.61 Å². The van der Waals surface area contributed by atoms with E-state index in [0.717, 1.165) is 32.1 Å². The first-order valence-electron chi connectivity index (χ1n) is 7.36. The summed E-state index contributed by atoms with van der Waals surface area (Å²) >= 11 is 0. The summed E-state index contributed by atoms with van der Waals surface area (Å²) in [6.07, 6.45) is 4.82. The predicted molar refractivity (Wildman–Crippen MR) is 89.6 cm³/mol. The van der Waals surface area contributed by atoms with Gasteiger partial charge in [-0.2, -0.15) is 10.1 Å². The Morgan fingerprint density at radius 1 is 1.14 bits per heavy atom. The molecule has 1 fully saturated rings. The SMILES string of the molecule is Cl.NC1=NC2(CCCC2)N(OCCc2ccccc2)C(N)=N1. The van der Waals surface area contributed by atoms with Crippen LogP contribution in [0.1, 0.15) is 31.2 Å². The minimum Gasteiger partial charge on any atom is -0.368 e. The molecule has 1 heterocycles. The predicted octanol–water partition coefficient (Wildman–Crippen LogP) is 1.80. The molecule has 0 aromatic heterocycles. The minimum absolute atomic E-state index is 0. The molecule has 6 nitrogen and oxygen atoms in total. The average Bonchev–Trinajstić information content (AvgIpc) is 2.92.